The fourth-order valence-corrected chi connectivity index (χ4v) is 6.17. The van der Waals surface area contributed by atoms with E-state index >= 15 is 0 Å². The van der Waals surface area contributed by atoms with Gasteiger partial charge in [0, 0.05) is 28.4 Å². The zero-order valence-electron chi connectivity index (χ0n) is 24.2. The molecule has 1 atom stereocenters. The number of amides is 2. The lowest BCUT2D eigenvalue weighted by Crippen LogP contribution is -2.56. The van der Waals surface area contributed by atoms with Gasteiger partial charge in [-0.05, 0) is 55.5 Å². The summed E-state index contributed by atoms with van der Waals surface area (Å²) in [5.74, 6) is -0.802. The fraction of sp³-hybridized carbons (Fsp3) is 0.273. The number of fused-ring (bicyclic) bond motifs is 1. The van der Waals surface area contributed by atoms with Gasteiger partial charge in [-0.25, -0.2) is 8.42 Å². The predicted molar refractivity (Wildman–Crippen MR) is 173 cm³/mol. The highest BCUT2D eigenvalue weighted by atomic mass is 79.9. The van der Waals surface area contributed by atoms with Crippen molar-refractivity contribution in [3.8, 4) is 0 Å². The average Bonchev–Trinajstić information content (AvgIpc) is 2.92. The number of nitrogens with one attached hydrogen (secondary N) is 1. The molecule has 42 heavy (non-hydrogen) atoms. The number of halogens is 1. The Kier molecular flexibility index (Phi) is 9.74. The van der Waals surface area contributed by atoms with Gasteiger partial charge in [0.15, 0.2) is 0 Å². The number of carbonyl (C=O) groups is 2. The van der Waals surface area contributed by atoms with E-state index in [-0.39, 0.29) is 18.9 Å². The van der Waals surface area contributed by atoms with E-state index in [1.165, 1.54) is 4.90 Å². The molecule has 0 saturated carbocycles. The number of anilines is 1. The number of hydrogen-bond donors (Lipinski definition) is 1. The molecule has 220 valence electrons. The van der Waals surface area contributed by atoms with Crippen LogP contribution in [0.2, 0.25) is 0 Å². The van der Waals surface area contributed by atoms with Crippen molar-refractivity contribution in [3.05, 3.63) is 113 Å². The van der Waals surface area contributed by atoms with Crippen molar-refractivity contribution in [2.45, 2.75) is 45.3 Å². The molecule has 1 unspecified atom stereocenters. The van der Waals surface area contributed by atoms with Crippen molar-refractivity contribution < 1.29 is 18.0 Å². The summed E-state index contributed by atoms with van der Waals surface area (Å²) in [6.07, 6.45) is 1.35. The summed E-state index contributed by atoms with van der Waals surface area (Å²) >= 11 is 3.50. The molecular formula is C33H36BrN3O4S. The number of nitrogens with zero attached hydrogens (tertiary/aromatic N) is 2. The molecule has 4 aromatic carbocycles. The normalized spacial score (nSPS) is 12.5. The van der Waals surface area contributed by atoms with Crippen LogP contribution in [0.25, 0.3) is 10.8 Å². The monoisotopic (exact) mass is 649 g/mol. The minimum absolute atomic E-state index is 0.112. The zero-order valence-corrected chi connectivity index (χ0v) is 26.7. The van der Waals surface area contributed by atoms with Crippen LogP contribution in [0.4, 0.5) is 5.69 Å². The molecule has 0 radical (unpaired) electrons. The molecule has 4 aromatic rings. The zero-order chi connectivity index (χ0) is 30.5. The Hall–Kier alpha value is -3.69. The molecule has 0 saturated heterocycles. The number of carbonyl (C=O) groups excluding carboxylic acids is 2. The highest BCUT2D eigenvalue weighted by Crippen LogP contribution is 2.29. The van der Waals surface area contributed by atoms with Crippen LogP contribution in [-0.2, 0) is 32.6 Å². The fourth-order valence-electron chi connectivity index (χ4n) is 4.86. The predicted octanol–water partition coefficient (Wildman–Crippen LogP) is 5.92. The summed E-state index contributed by atoms with van der Waals surface area (Å²) < 4.78 is 28.3. The van der Waals surface area contributed by atoms with Crippen LogP contribution in [0, 0.1) is 0 Å². The second-order valence-electron chi connectivity index (χ2n) is 11.4. The number of hydrogen-bond acceptors (Lipinski definition) is 4. The minimum atomic E-state index is -3.87. The minimum Gasteiger partial charge on any atom is -0.350 e. The largest absolute Gasteiger partial charge is 0.350 e. The van der Waals surface area contributed by atoms with Crippen LogP contribution in [0.1, 0.15) is 31.9 Å². The van der Waals surface area contributed by atoms with Gasteiger partial charge in [-0.3, -0.25) is 13.9 Å². The molecule has 0 spiro atoms. The lowest BCUT2D eigenvalue weighted by atomic mass is 10.0. The molecule has 4 rings (SSSR count). The summed E-state index contributed by atoms with van der Waals surface area (Å²) in [4.78, 5) is 29.7. The Bertz CT molecular complexity index is 1660. The molecule has 0 aliphatic heterocycles. The standard InChI is InChI=1S/C33H36BrN3O4S/c1-33(2,3)35-32(39)30(21-24-12-6-5-7-13-24)36(22-25-14-10-17-27(34)20-25)31(38)23-37(42(4,40)41)29-19-11-16-26-15-8-9-18-28(26)29/h5-20,30H,21-23H2,1-4H3,(H,35,39). The number of sulfonamides is 1. The van der Waals surface area contributed by atoms with E-state index in [2.05, 4.69) is 21.2 Å². The first-order valence-electron chi connectivity index (χ1n) is 13.7. The van der Waals surface area contributed by atoms with Gasteiger partial charge in [0.1, 0.15) is 12.6 Å². The van der Waals surface area contributed by atoms with Gasteiger partial charge in [-0.2, -0.15) is 0 Å². The van der Waals surface area contributed by atoms with Gasteiger partial charge < -0.3 is 10.2 Å². The van der Waals surface area contributed by atoms with Crippen molar-refractivity contribution in [1.82, 2.24) is 10.2 Å². The quantitative estimate of drug-likeness (QED) is 0.231. The molecule has 9 heteroatoms. The van der Waals surface area contributed by atoms with Gasteiger partial charge in [-0.1, -0.05) is 94.8 Å². The van der Waals surface area contributed by atoms with Gasteiger partial charge in [-0.15, -0.1) is 0 Å². The first kappa shape index (κ1) is 31.3. The summed E-state index contributed by atoms with van der Waals surface area (Å²) in [5.41, 5.74) is 1.55. The van der Waals surface area contributed by atoms with E-state index in [1.807, 2.05) is 106 Å². The molecule has 0 bridgehead atoms. The van der Waals surface area contributed by atoms with Gasteiger partial charge in [0.2, 0.25) is 21.8 Å². The van der Waals surface area contributed by atoms with E-state index < -0.39 is 34.1 Å². The first-order chi connectivity index (χ1) is 19.8. The third-order valence-corrected chi connectivity index (χ3v) is 8.35. The lowest BCUT2D eigenvalue weighted by Gasteiger charge is -2.35. The van der Waals surface area contributed by atoms with Crippen molar-refractivity contribution in [2.24, 2.45) is 0 Å². The van der Waals surface area contributed by atoms with Crippen molar-refractivity contribution in [1.29, 1.82) is 0 Å². The second kappa shape index (κ2) is 13.1. The highest BCUT2D eigenvalue weighted by Gasteiger charge is 2.34. The highest BCUT2D eigenvalue weighted by molar-refractivity contribution is 9.10. The van der Waals surface area contributed by atoms with Crippen LogP contribution >= 0.6 is 15.9 Å². The van der Waals surface area contributed by atoms with E-state index in [0.717, 1.165) is 31.5 Å². The topological polar surface area (TPSA) is 86.8 Å². The van der Waals surface area contributed by atoms with E-state index in [1.54, 1.807) is 12.1 Å². The molecule has 0 aliphatic carbocycles. The maximum Gasteiger partial charge on any atom is 0.244 e. The third kappa shape index (κ3) is 8.20. The molecule has 1 N–H and O–H groups in total. The maximum atomic E-state index is 14.3. The van der Waals surface area contributed by atoms with Gasteiger partial charge >= 0.3 is 0 Å². The summed E-state index contributed by atoms with van der Waals surface area (Å²) in [6, 6.07) is 28.9. The summed E-state index contributed by atoms with van der Waals surface area (Å²) in [6.45, 7) is 5.31. The van der Waals surface area contributed by atoms with Crippen LogP contribution < -0.4 is 9.62 Å². The molecule has 2 amide bonds. The molecule has 7 nitrogen and oxygen atoms in total. The Labute approximate surface area is 256 Å². The van der Waals surface area contributed by atoms with E-state index in [9.17, 15) is 18.0 Å². The summed E-state index contributed by atoms with van der Waals surface area (Å²) in [5, 5.41) is 4.60. The number of benzene rings is 4. The van der Waals surface area contributed by atoms with Crippen LogP contribution in [-0.4, -0.2) is 49.5 Å². The van der Waals surface area contributed by atoms with Gasteiger partial charge in [0.05, 0.1) is 11.9 Å². The SMILES string of the molecule is CC(C)(C)NC(=O)C(Cc1ccccc1)N(Cc1cccc(Br)c1)C(=O)CN(c1cccc2ccccc12)S(C)(=O)=O. The maximum absolute atomic E-state index is 14.3. The van der Waals surface area contributed by atoms with Crippen LogP contribution in [0.5, 0.6) is 0 Å². The van der Waals surface area contributed by atoms with Gasteiger partial charge in [0.25, 0.3) is 0 Å². The molecule has 0 aromatic heterocycles. The Morgan fingerprint density at radius 2 is 1.48 bits per heavy atom. The molecule has 0 fully saturated rings. The Balaban J connectivity index is 1.80. The van der Waals surface area contributed by atoms with Crippen molar-refractivity contribution in [2.75, 3.05) is 17.1 Å². The Morgan fingerprint density at radius 1 is 0.857 bits per heavy atom. The van der Waals surface area contributed by atoms with Crippen LogP contribution in [0.15, 0.2) is 102 Å². The molecule has 0 heterocycles. The van der Waals surface area contributed by atoms with E-state index in [0.29, 0.717) is 11.1 Å². The lowest BCUT2D eigenvalue weighted by molar-refractivity contribution is -0.140. The van der Waals surface area contributed by atoms with Crippen LogP contribution in [0.3, 0.4) is 0 Å². The average molecular weight is 651 g/mol. The second-order valence-corrected chi connectivity index (χ2v) is 14.2. The first-order valence-corrected chi connectivity index (χ1v) is 16.3. The smallest absolute Gasteiger partial charge is 0.244 e. The summed E-state index contributed by atoms with van der Waals surface area (Å²) in [7, 11) is -3.87. The third-order valence-electron chi connectivity index (χ3n) is 6.73. The number of rotatable bonds is 10. The van der Waals surface area contributed by atoms with Crippen molar-refractivity contribution >= 4 is 54.2 Å². The Morgan fingerprint density at radius 3 is 2.14 bits per heavy atom. The molecular weight excluding hydrogens is 614 g/mol. The van der Waals surface area contributed by atoms with Crippen molar-refractivity contribution in [3.63, 3.8) is 0 Å². The van der Waals surface area contributed by atoms with E-state index in [4.69, 9.17) is 0 Å². The molecule has 0 aliphatic rings.